The predicted molar refractivity (Wildman–Crippen MR) is 122 cm³/mol. The molecule has 1 aromatic carbocycles. The smallest absolute Gasteiger partial charge is 0.318 e. The van der Waals surface area contributed by atoms with Crippen LogP contribution in [0.2, 0.25) is 0 Å². The number of carbonyl (C=O) groups excluding carboxylic acids is 1. The number of urea groups is 1. The van der Waals surface area contributed by atoms with Gasteiger partial charge in [0.1, 0.15) is 0 Å². The second-order valence-corrected chi connectivity index (χ2v) is 9.10. The Labute approximate surface area is 179 Å². The van der Waals surface area contributed by atoms with E-state index in [-0.39, 0.29) is 23.7 Å². The van der Waals surface area contributed by atoms with E-state index >= 15 is 0 Å². The van der Waals surface area contributed by atoms with Crippen molar-refractivity contribution in [1.29, 1.82) is 0 Å². The Morgan fingerprint density at radius 1 is 1.03 bits per heavy atom. The molecule has 4 rings (SSSR count). The van der Waals surface area contributed by atoms with Crippen LogP contribution in [0.1, 0.15) is 82.3 Å². The largest absolute Gasteiger partial charge is 0.335 e. The van der Waals surface area contributed by atoms with Gasteiger partial charge in [-0.25, -0.2) is 4.79 Å². The zero-order valence-corrected chi connectivity index (χ0v) is 18.2. The van der Waals surface area contributed by atoms with E-state index in [1.807, 2.05) is 17.0 Å². The molecule has 1 aromatic heterocycles. The Bertz CT molecular complexity index is 924. The number of amides is 2. The lowest BCUT2D eigenvalue weighted by Gasteiger charge is -2.36. The van der Waals surface area contributed by atoms with Gasteiger partial charge in [-0.1, -0.05) is 51.5 Å². The Morgan fingerprint density at radius 2 is 1.73 bits per heavy atom. The van der Waals surface area contributed by atoms with Crippen LogP contribution in [0.4, 0.5) is 4.79 Å². The zero-order chi connectivity index (χ0) is 20.9. The van der Waals surface area contributed by atoms with Crippen molar-refractivity contribution in [1.82, 2.24) is 15.2 Å². The van der Waals surface area contributed by atoms with E-state index in [1.54, 1.807) is 0 Å². The van der Waals surface area contributed by atoms with Crippen molar-refractivity contribution >= 4 is 16.9 Å². The van der Waals surface area contributed by atoms with Crippen LogP contribution in [0.5, 0.6) is 0 Å². The molecule has 2 fully saturated rings. The Kier molecular flexibility index (Phi) is 6.76. The van der Waals surface area contributed by atoms with E-state index in [4.69, 9.17) is 0 Å². The van der Waals surface area contributed by atoms with Crippen LogP contribution in [0.25, 0.3) is 10.9 Å². The molecule has 5 nitrogen and oxygen atoms in total. The minimum absolute atomic E-state index is 0.00982. The number of aromatic nitrogens is 1. The summed E-state index contributed by atoms with van der Waals surface area (Å²) >= 11 is 0. The van der Waals surface area contributed by atoms with Crippen LogP contribution in [0, 0.1) is 0 Å². The van der Waals surface area contributed by atoms with Crippen LogP contribution < -0.4 is 10.9 Å². The first kappa shape index (κ1) is 21.0. The van der Waals surface area contributed by atoms with Gasteiger partial charge >= 0.3 is 6.03 Å². The molecule has 0 bridgehead atoms. The molecule has 162 valence electrons. The number of aryl methyl sites for hydroxylation is 1. The third kappa shape index (κ3) is 4.88. The van der Waals surface area contributed by atoms with E-state index in [2.05, 4.69) is 29.4 Å². The number of H-pyrrole nitrogens is 1. The number of pyridine rings is 1. The fraction of sp³-hybridized carbons (Fsp3) is 0.600. The van der Waals surface area contributed by atoms with Gasteiger partial charge in [-0.15, -0.1) is 0 Å². The van der Waals surface area contributed by atoms with Gasteiger partial charge < -0.3 is 15.2 Å². The van der Waals surface area contributed by atoms with Crippen LogP contribution in [0.15, 0.2) is 29.1 Å². The van der Waals surface area contributed by atoms with Crippen LogP contribution in [-0.2, 0) is 13.0 Å². The Hall–Kier alpha value is -2.30. The molecule has 0 aliphatic heterocycles. The molecule has 5 heteroatoms. The number of hydrogen-bond donors (Lipinski definition) is 2. The topological polar surface area (TPSA) is 65.2 Å². The minimum atomic E-state index is -0.0852. The maximum atomic E-state index is 13.3. The first-order valence-corrected chi connectivity index (χ1v) is 11.9. The summed E-state index contributed by atoms with van der Waals surface area (Å²) in [7, 11) is 0. The highest BCUT2D eigenvalue weighted by Gasteiger charge is 2.28. The van der Waals surface area contributed by atoms with Gasteiger partial charge in [0, 0.05) is 23.2 Å². The SMILES string of the molecule is CCc1ccc2[nH]c(=O)c(CN(C(=O)NC3CCCCC3)C3CCCCC3)cc2c1. The molecule has 2 amide bonds. The molecule has 0 radical (unpaired) electrons. The molecule has 2 aromatic rings. The molecule has 0 unspecified atom stereocenters. The minimum Gasteiger partial charge on any atom is -0.335 e. The van der Waals surface area contributed by atoms with Gasteiger partial charge in [0.2, 0.25) is 0 Å². The monoisotopic (exact) mass is 409 g/mol. The lowest BCUT2D eigenvalue weighted by atomic mass is 9.93. The van der Waals surface area contributed by atoms with Crippen LogP contribution >= 0.6 is 0 Å². The average molecular weight is 410 g/mol. The number of nitrogens with zero attached hydrogens (tertiary/aromatic N) is 1. The molecule has 2 aliphatic carbocycles. The first-order valence-electron chi connectivity index (χ1n) is 11.9. The van der Waals surface area contributed by atoms with Gasteiger partial charge in [-0.05, 0) is 61.3 Å². The second kappa shape index (κ2) is 9.67. The summed E-state index contributed by atoms with van der Waals surface area (Å²) < 4.78 is 0. The van der Waals surface area contributed by atoms with Crippen LogP contribution in [-0.4, -0.2) is 28.0 Å². The molecule has 2 aliphatic rings. The van der Waals surface area contributed by atoms with Gasteiger partial charge in [0.25, 0.3) is 5.56 Å². The molecule has 2 N–H and O–H groups in total. The number of hydrogen-bond acceptors (Lipinski definition) is 2. The summed E-state index contributed by atoms with van der Waals surface area (Å²) in [5.41, 5.74) is 2.70. The molecular weight excluding hydrogens is 374 g/mol. The summed E-state index contributed by atoms with van der Waals surface area (Å²) in [6, 6.07) is 8.67. The van der Waals surface area contributed by atoms with Gasteiger partial charge in [0.15, 0.2) is 0 Å². The number of carbonyl (C=O) groups is 1. The molecule has 30 heavy (non-hydrogen) atoms. The highest BCUT2D eigenvalue weighted by atomic mass is 16.2. The molecule has 1 heterocycles. The fourth-order valence-corrected chi connectivity index (χ4v) is 5.09. The maximum absolute atomic E-state index is 13.3. The van der Waals surface area contributed by atoms with Gasteiger partial charge in [0.05, 0.1) is 6.54 Å². The zero-order valence-electron chi connectivity index (χ0n) is 18.2. The number of rotatable bonds is 5. The summed E-state index contributed by atoms with van der Waals surface area (Å²) in [6.07, 6.45) is 12.4. The second-order valence-electron chi connectivity index (χ2n) is 9.10. The molecule has 2 saturated carbocycles. The highest BCUT2D eigenvalue weighted by Crippen LogP contribution is 2.25. The Morgan fingerprint density at radius 3 is 2.43 bits per heavy atom. The number of nitrogens with one attached hydrogen (secondary N) is 2. The summed E-state index contributed by atoms with van der Waals surface area (Å²) in [5, 5.41) is 4.33. The quantitative estimate of drug-likeness (QED) is 0.707. The van der Waals surface area contributed by atoms with Crippen molar-refractivity contribution in [3.63, 3.8) is 0 Å². The highest BCUT2D eigenvalue weighted by molar-refractivity contribution is 5.80. The van der Waals surface area contributed by atoms with Crippen LogP contribution in [0.3, 0.4) is 0 Å². The summed E-state index contributed by atoms with van der Waals surface area (Å²) in [4.78, 5) is 31.1. The van der Waals surface area contributed by atoms with Crippen molar-refractivity contribution in [2.75, 3.05) is 0 Å². The number of fused-ring (bicyclic) bond motifs is 1. The first-order chi connectivity index (χ1) is 14.6. The summed E-state index contributed by atoms with van der Waals surface area (Å²) in [5.74, 6) is 0. The van der Waals surface area contributed by atoms with E-state index in [9.17, 15) is 9.59 Å². The van der Waals surface area contributed by atoms with E-state index in [0.29, 0.717) is 12.1 Å². The summed E-state index contributed by atoms with van der Waals surface area (Å²) in [6.45, 7) is 2.51. The number of benzene rings is 1. The van der Waals surface area contributed by atoms with Crippen molar-refractivity contribution in [3.8, 4) is 0 Å². The maximum Gasteiger partial charge on any atom is 0.318 e. The van der Waals surface area contributed by atoms with Gasteiger partial charge in [-0.3, -0.25) is 4.79 Å². The lowest BCUT2D eigenvalue weighted by Crippen LogP contribution is -2.50. The van der Waals surface area contributed by atoms with Crippen molar-refractivity contribution < 1.29 is 4.79 Å². The third-order valence-electron chi connectivity index (χ3n) is 6.94. The molecule has 0 atom stereocenters. The van der Waals surface area contributed by atoms with Crippen molar-refractivity contribution in [2.45, 2.75) is 96.2 Å². The van der Waals surface area contributed by atoms with Crippen molar-refractivity contribution in [3.05, 3.63) is 45.7 Å². The molecular formula is C25H35N3O2. The standard InChI is InChI=1S/C25H35N3O2/c1-2-18-13-14-23-19(15-18)16-20(24(29)27-23)17-28(22-11-7-4-8-12-22)25(30)26-21-9-5-3-6-10-21/h13-16,21-22H,2-12,17H2,1H3,(H,26,30)(H,27,29). The van der Waals surface area contributed by atoms with E-state index in [0.717, 1.165) is 55.8 Å². The van der Waals surface area contributed by atoms with Crippen molar-refractivity contribution in [2.24, 2.45) is 0 Å². The number of aromatic amines is 1. The Balaban J connectivity index is 1.59. The van der Waals surface area contributed by atoms with E-state index < -0.39 is 0 Å². The molecule has 0 spiro atoms. The average Bonchev–Trinajstić information content (AvgIpc) is 2.78. The molecule has 0 saturated heterocycles. The predicted octanol–water partition coefficient (Wildman–Crippen LogP) is 5.27. The lowest BCUT2D eigenvalue weighted by molar-refractivity contribution is 0.145. The van der Waals surface area contributed by atoms with E-state index in [1.165, 1.54) is 31.2 Å². The van der Waals surface area contributed by atoms with Gasteiger partial charge in [-0.2, -0.15) is 0 Å². The third-order valence-corrected chi connectivity index (χ3v) is 6.94. The normalized spacial score (nSPS) is 18.4. The fourth-order valence-electron chi connectivity index (χ4n) is 5.09.